The predicted octanol–water partition coefficient (Wildman–Crippen LogP) is 3.10. The zero-order valence-electron chi connectivity index (χ0n) is 16.4. The molecule has 1 saturated carbocycles. The molecular formula is C21H21N5O3S2. The lowest BCUT2D eigenvalue weighted by atomic mass is 9.87. The Kier molecular flexibility index (Phi) is 5.22. The average Bonchev–Trinajstić information content (AvgIpc) is 3.42. The number of hydrogen-bond donors (Lipinski definition) is 4. The molecule has 0 aliphatic heterocycles. The summed E-state index contributed by atoms with van der Waals surface area (Å²) in [4.78, 5) is 13.1. The number of sulfonamides is 1. The van der Waals surface area contributed by atoms with Crippen LogP contribution in [0.25, 0.3) is 21.6 Å². The van der Waals surface area contributed by atoms with E-state index in [4.69, 9.17) is 0 Å². The van der Waals surface area contributed by atoms with Gasteiger partial charge in [0.2, 0.25) is 10.0 Å². The summed E-state index contributed by atoms with van der Waals surface area (Å²) in [5.74, 6) is 0. The van der Waals surface area contributed by atoms with E-state index < -0.39 is 10.0 Å². The van der Waals surface area contributed by atoms with Crippen molar-refractivity contribution in [2.24, 2.45) is 0 Å². The lowest BCUT2D eigenvalue weighted by Gasteiger charge is -2.37. The molecule has 4 N–H and O–H groups in total. The number of anilines is 1. The Morgan fingerprint density at radius 3 is 2.65 bits per heavy atom. The zero-order chi connectivity index (χ0) is 21.4. The van der Waals surface area contributed by atoms with Crippen molar-refractivity contribution in [1.29, 1.82) is 0 Å². The van der Waals surface area contributed by atoms with Crippen molar-refractivity contribution in [3.8, 4) is 10.6 Å². The molecule has 3 aromatic heterocycles. The summed E-state index contributed by atoms with van der Waals surface area (Å²) in [5, 5.41) is 14.7. The van der Waals surface area contributed by atoms with Gasteiger partial charge in [-0.25, -0.2) is 23.1 Å². The van der Waals surface area contributed by atoms with Gasteiger partial charge in [0.05, 0.1) is 27.6 Å². The van der Waals surface area contributed by atoms with Gasteiger partial charge in [-0.2, -0.15) is 0 Å². The third-order valence-corrected chi connectivity index (χ3v) is 7.94. The SMILES string of the molecule is O=S(=O)(N[C@H]1C[C@@H](Nc2c(-c3ncc(CO)s3)cnc3[nH]ccc23)C1)c1ccccc1. The van der Waals surface area contributed by atoms with E-state index in [1.54, 1.807) is 42.7 Å². The fourth-order valence-corrected chi connectivity index (χ4v) is 5.83. The highest BCUT2D eigenvalue weighted by atomic mass is 32.2. The molecule has 0 radical (unpaired) electrons. The molecular weight excluding hydrogens is 434 g/mol. The third-order valence-electron chi connectivity index (χ3n) is 5.39. The van der Waals surface area contributed by atoms with Crippen molar-refractivity contribution in [3.05, 3.63) is 59.9 Å². The minimum Gasteiger partial charge on any atom is -0.391 e. The Morgan fingerprint density at radius 1 is 1.10 bits per heavy atom. The molecule has 0 amide bonds. The Bertz CT molecular complexity index is 1310. The van der Waals surface area contributed by atoms with E-state index in [1.807, 2.05) is 12.3 Å². The van der Waals surface area contributed by atoms with E-state index in [0.717, 1.165) is 32.2 Å². The summed E-state index contributed by atoms with van der Waals surface area (Å²) in [5.41, 5.74) is 2.55. The van der Waals surface area contributed by atoms with Crippen molar-refractivity contribution in [2.45, 2.75) is 36.4 Å². The van der Waals surface area contributed by atoms with Crippen LogP contribution in [-0.2, 0) is 16.6 Å². The predicted molar refractivity (Wildman–Crippen MR) is 120 cm³/mol. The number of aliphatic hydroxyl groups excluding tert-OH is 1. The molecule has 0 saturated heterocycles. The fourth-order valence-electron chi connectivity index (χ4n) is 3.75. The molecule has 0 bridgehead atoms. The van der Waals surface area contributed by atoms with Crippen LogP contribution in [0.3, 0.4) is 0 Å². The first-order valence-electron chi connectivity index (χ1n) is 9.89. The van der Waals surface area contributed by atoms with Crippen molar-refractivity contribution >= 4 is 38.1 Å². The second kappa shape index (κ2) is 8.04. The van der Waals surface area contributed by atoms with Gasteiger partial charge >= 0.3 is 0 Å². The van der Waals surface area contributed by atoms with Gasteiger partial charge < -0.3 is 15.4 Å². The highest BCUT2D eigenvalue weighted by Gasteiger charge is 2.33. The maximum atomic E-state index is 12.5. The average molecular weight is 456 g/mol. The molecule has 31 heavy (non-hydrogen) atoms. The van der Waals surface area contributed by atoms with E-state index in [2.05, 4.69) is 25.0 Å². The zero-order valence-corrected chi connectivity index (χ0v) is 18.1. The van der Waals surface area contributed by atoms with E-state index in [9.17, 15) is 13.5 Å². The normalized spacial score (nSPS) is 18.7. The Labute approximate surface area is 183 Å². The molecule has 0 unspecified atom stereocenters. The van der Waals surface area contributed by atoms with E-state index in [-0.39, 0.29) is 23.6 Å². The fraction of sp³-hybridized carbons (Fsp3) is 0.238. The van der Waals surface area contributed by atoms with Crippen LogP contribution in [0.4, 0.5) is 5.69 Å². The highest BCUT2D eigenvalue weighted by Crippen LogP contribution is 2.38. The molecule has 4 aromatic rings. The smallest absolute Gasteiger partial charge is 0.240 e. The Morgan fingerprint density at radius 2 is 1.90 bits per heavy atom. The maximum absolute atomic E-state index is 12.5. The summed E-state index contributed by atoms with van der Waals surface area (Å²) in [7, 11) is -3.52. The number of pyridine rings is 1. The largest absolute Gasteiger partial charge is 0.391 e. The van der Waals surface area contributed by atoms with Gasteiger partial charge in [0.1, 0.15) is 10.7 Å². The first-order valence-corrected chi connectivity index (χ1v) is 12.2. The number of aromatic amines is 1. The van der Waals surface area contributed by atoms with Gasteiger partial charge in [0.25, 0.3) is 0 Å². The molecule has 1 aliphatic carbocycles. The first kappa shape index (κ1) is 20.1. The minimum atomic E-state index is -3.52. The summed E-state index contributed by atoms with van der Waals surface area (Å²) >= 11 is 1.43. The lowest BCUT2D eigenvalue weighted by molar-refractivity contribution is 0.285. The monoisotopic (exact) mass is 455 g/mol. The van der Waals surface area contributed by atoms with Gasteiger partial charge in [0.15, 0.2) is 0 Å². The lowest BCUT2D eigenvalue weighted by Crippen LogP contribution is -2.49. The standard InChI is InChI=1S/C21H21N5O3S2/c27-12-15-10-24-21(30-15)18-11-23-20-17(6-7-22-20)19(18)25-13-8-14(9-13)26-31(28,29)16-4-2-1-3-5-16/h1-7,10-11,13-14,26-27H,8-9,12H2,(H2,22,23,25)/t13-,14+. The van der Waals surface area contributed by atoms with Crippen LogP contribution in [0, 0.1) is 0 Å². The Balaban J connectivity index is 1.34. The number of aliphatic hydroxyl groups is 1. The van der Waals surface area contributed by atoms with Crippen LogP contribution in [0.1, 0.15) is 17.7 Å². The Hall–Kier alpha value is -2.79. The molecule has 0 atom stereocenters. The number of nitrogens with zero attached hydrogens (tertiary/aromatic N) is 2. The number of thiazole rings is 1. The van der Waals surface area contributed by atoms with Crippen LogP contribution < -0.4 is 10.0 Å². The highest BCUT2D eigenvalue weighted by molar-refractivity contribution is 7.89. The molecule has 1 fully saturated rings. The van der Waals surface area contributed by atoms with Gasteiger partial charge in [-0.15, -0.1) is 11.3 Å². The molecule has 160 valence electrons. The molecule has 1 aromatic carbocycles. The molecule has 1 aliphatic rings. The van der Waals surface area contributed by atoms with E-state index >= 15 is 0 Å². The van der Waals surface area contributed by atoms with Crippen molar-refractivity contribution in [3.63, 3.8) is 0 Å². The number of rotatable bonds is 7. The van der Waals surface area contributed by atoms with Gasteiger partial charge in [-0.1, -0.05) is 18.2 Å². The summed E-state index contributed by atoms with van der Waals surface area (Å²) in [6, 6.07) is 10.4. The van der Waals surface area contributed by atoms with Crippen LogP contribution in [0.15, 0.2) is 59.9 Å². The van der Waals surface area contributed by atoms with Crippen LogP contribution >= 0.6 is 11.3 Å². The first-order chi connectivity index (χ1) is 15.0. The number of hydrogen-bond acceptors (Lipinski definition) is 7. The number of fused-ring (bicyclic) bond motifs is 1. The number of aromatic nitrogens is 3. The van der Waals surface area contributed by atoms with Crippen LogP contribution in [0.2, 0.25) is 0 Å². The van der Waals surface area contributed by atoms with Gasteiger partial charge in [0, 0.05) is 36.1 Å². The number of nitrogens with one attached hydrogen (secondary N) is 3. The van der Waals surface area contributed by atoms with Crippen molar-refractivity contribution < 1.29 is 13.5 Å². The quantitative estimate of drug-likeness (QED) is 0.340. The number of benzene rings is 1. The summed E-state index contributed by atoms with van der Waals surface area (Å²) < 4.78 is 27.9. The molecule has 8 nitrogen and oxygen atoms in total. The van der Waals surface area contributed by atoms with Crippen LogP contribution in [-0.4, -0.2) is 40.6 Å². The van der Waals surface area contributed by atoms with Crippen molar-refractivity contribution in [1.82, 2.24) is 19.7 Å². The van der Waals surface area contributed by atoms with E-state index in [0.29, 0.717) is 12.8 Å². The second-order valence-corrected chi connectivity index (χ2v) is 10.3. The molecule has 10 heteroatoms. The molecule has 3 heterocycles. The maximum Gasteiger partial charge on any atom is 0.240 e. The molecule has 0 spiro atoms. The number of H-pyrrole nitrogens is 1. The summed E-state index contributed by atoms with van der Waals surface area (Å²) in [6.45, 7) is -0.0495. The van der Waals surface area contributed by atoms with Crippen LogP contribution in [0.5, 0.6) is 0 Å². The minimum absolute atomic E-state index is 0.0495. The summed E-state index contributed by atoms with van der Waals surface area (Å²) in [6.07, 6.45) is 6.64. The molecule has 5 rings (SSSR count). The van der Waals surface area contributed by atoms with Gasteiger partial charge in [-0.05, 0) is 31.0 Å². The third kappa shape index (κ3) is 3.94. The van der Waals surface area contributed by atoms with Crippen molar-refractivity contribution in [2.75, 3.05) is 5.32 Å². The topological polar surface area (TPSA) is 120 Å². The second-order valence-electron chi connectivity index (χ2n) is 7.52. The van der Waals surface area contributed by atoms with E-state index in [1.165, 1.54) is 11.3 Å². The van der Waals surface area contributed by atoms with Gasteiger partial charge in [-0.3, -0.25) is 0 Å².